The molecular weight excluding hydrogens is 318 g/mol. The van der Waals surface area contributed by atoms with Crippen LogP contribution in [0.3, 0.4) is 0 Å². The molecule has 1 fully saturated rings. The lowest BCUT2D eigenvalue weighted by molar-refractivity contribution is -0.127. The first-order valence-corrected chi connectivity index (χ1v) is 8.52. The van der Waals surface area contributed by atoms with Crippen molar-refractivity contribution in [2.45, 2.75) is 32.4 Å². The lowest BCUT2D eigenvalue weighted by atomic mass is 10.2. The minimum atomic E-state index is -0.268. The number of urea groups is 1. The van der Waals surface area contributed by atoms with Gasteiger partial charge >= 0.3 is 6.03 Å². The molecule has 1 atom stereocenters. The van der Waals surface area contributed by atoms with Crippen LogP contribution in [0.25, 0.3) is 0 Å². The Morgan fingerprint density at radius 1 is 1.36 bits per heavy atom. The molecule has 1 aliphatic heterocycles. The maximum absolute atomic E-state index is 12.2. The molecular formula is C18H23N5O2. The second-order valence-electron chi connectivity index (χ2n) is 6.35. The van der Waals surface area contributed by atoms with Gasteiger partial charge in [0.15, 0.2) is 0 Å². The van der Waals surface area contributed by atoms with Gasteiger partial charge in [-0.15, -0.1) is 0 Å². The summed E-state index contributed by atoms with van der Waals surface area (Å²) in [6, 6.07) is 9.18. The highest BCUT2D eigenvalue weighted by Crippen LogP contribution is 2.12. The molecule has 0 saturated carbocycles. The van der Waals surface area contributed by atoms with Crippen LogP contribution in [0.15, 0.2) is 42.7 Å². The van der Waals surface area contributed by atoms with E-state index < -0.39 is 0 Å². The molecule has 7 heteroatoms. The number of anilines is 1. The van der Waals surface area contributed by atoms with E-state index in [4.69, 9.17) is 0 Å². The predicted octanol–water partition coefficient (Wildman–Crippen LogP) is 2.06. The molecule has 25 heavy (non-hydrogen) atoms. The fourth-order valence-corrected chi connectivity index (χ4v) is 2.99. The Morgan fingerprint density at radius 3 is 2.96 bits per heavy atom. The number of hydrogen-bond acceptors (Lipinski definition) is 3. The van der Waals surface area contributed by atoms with Crippen LogP contribution in [0, 0.1) is 0 Å². The SMILES string of the molecule is CC(CN1CCCC1=O)NC(=O)Nc1cccc(Cn2cccn2)c1. The van der Waals surface area contributed by atoms with E-state index in [0.717, 1.165) is 24.2 Å². The van der Waals surface area contributed by atoms with E-state index in [0.29, 0.717) is 19.5 Å². The van der Waals surface area contributed by atoms with Crippen molar-refractivity contribution in [3.63, 3.8) is 0 Å². The highest BCUT2D eigenvalue weighted by molar-refractivity contribution is 5.89. The molecule has 0 aliphatic carbocycles. The molecule has 2 N–H and O–H groups in total. The van der Waals surface area contributed by atoms with Gasteiger partial charge in [-0.2, -0.15) is 5.10 Å². The molecule has 1 unspecified atom stereocenters. The quantitative estimate of drug-likeness (QED) is 0.844. The molecule has 0 spiro atoms. The van der Waals surface area contributed by atoms with Crippen molar-refractivity contribution >= 4 is 17.6 Å². The summed E-state index contributed by atoms with van der Waals surface area (Å²) in [5.41, 5.74) is 1.78. The number of likely N-dealkylation sites (tertiary alicyclic amines) is 1. The van der Waals surface area contributed by atoms with E-state index in [2.05, 4.69) is 15.7 Å². The van der Waals surface area contributed by atoms with Crippen LogP contribution >= 0.6 is 0 Å². The topological polar surface area (TPSA) is 79.3 Å². The molecule has 1 aromatic carbocycles. The molecule has 0 radical (unpaired) electrons. The number of aromatic nitrogens is 2. The monoisotopic (exact) mass is 341 g/mol. The molecule has 2 aromatic rings. The Balaban J connectivity index is 1.51. The molecule has 7 nitrogen and oxygen atoms in total. The van der Waals surface area contributed by atoms with Gasteiger partial charge in [0.25, 0.3) is 0 Å². The van der Waals surface area contributed by atoms with E-state index in [1.165, 1.54) is 0 Å². The fourth-order valence-electron chi connectivity index (χ4n) is 2.99. The standard InChI is InChI=1S/C18H23N5O2/c1-14(12-22-9-3-7-17(22)24)20-18(25)21-16-6-2-5-15(11-16)13-23-10-4-8-19-23/h2,4-6,8,10-11,14H,3,7,9,12-13H2,1H3,(H2,20,21,25). The normalized spacial score (nSPS) is 15.2. The van der Waals surface area contributed by atoms with Crippen molar-refractivity contribution in [2.75, 3.05) is 18.4 Å². The summed E-state index contributed by atoms with van der Waals surface area (Å²) in [6.45, 7) is 3.88. The number of carbonyl (C=O) groups is 2. The fraction of sp³-hybridized carbons (Fsp3) is 0.389. The average Bonchev–Trinajstić information content (AvgIpc) is 3.20. The minimum absolute atomic E-state index is 0.102. The van der Waals surface area contributed by atoms with Crippen LogP contribution in [-0.4, -0.2) is 45.8 Å². The highest BCUT2D eigenvalue weighted by atomic mass is 16.2. The van der Waals surface area contributed by atoms with E-state index >= 15 is 0 Å². The van der Waals surface area contributed by atoms with Gasteiger partial charge in [0, 0.05) is 43.6 Å². The molecule has 0 bridgehead atoms. The maximum atomic E-state index is 12.2. The summed E-state index contributed by atoms with van der Waals surface area (Å²) in [4.78, 5) is 25.6. The third-order valence-electron chi connectivity index (χ3n) is 4.13. The number of rotatable bonds is 6. The van der Waals surface area contributed by atoms with Crippen molar-refractivity contribution in [2.24, 2.45) is 0 Å². The third kappa shape index (κ3) is 4.82. The van der Waals surface area contributed by atoms with Gasteiger partial charge in [-0.3, -0.25) is 9.48 Å². The lowest BCUT2D eigenvalue weighted by Gasteiger charge is -2.21. The van der Waals surface area contributed by atoms with Crippen LogP contribution < -0.4 is 10.6 Å². The molecule has 2 heterocycles. The summed E-state index contributed by atoms with van der Waals surface area (Å²) in [5.74, 6) is 0.167. The molecule has 1 saturated heterocycles. The third-order valence-corrected chi connectivity index (χ3v) is 4.13. The number of hydrogen-bond donors (Lipinski definition) is 2. The first-order valence-electron chi connectivity index (χ1n) is 8.52. The Bertz CT molecular complexity index is 729. The second-order valence-corrected chi connectivity index (χ2v) is 6.35. The Labute approximate surface area is 147 Å². The van der Waals surface area contributed by atoms with Crippen molar-refractivity contribution in [3.05, 3.63) is 48.3 Å². The highest BCUT2D eigenvalue weighted by Gasteiger charge is 2.22. The lowest BCUT2D eigenvalue weighted by Crippen LogP contribution is -2.44. The van der Waals surface area contributed by atoms with Crippen molar-refractivity contribution in [3.8, 4) is 0 Å². The van der Waals surface area contributed by atoms with Gasteiger partial charge in [0.05, 0.1) is 6.54 Å². The Morgan fingerprint density at radius 2 is 2.24 bits per heavy atom. The predicted molar refractivity (Wildman–Crippen MR) is 95.2 cm³/mol. The number of benzene rings is 1. The minimum Gasteiger partial charge on any atom is -0.341 e. The number of amides is 3. The largest absolute Gasteiger partial charge is 0.341 e. The van der Waals surface area contributed by atoms with Gasteiger partial charge in [-0.05, 0) is 37.1 Å². The summed E-state index contributed by atoms with van der Waals surface area (Å²) in [5, 5.41) is 9.91. The molecule has 132 valence electrons. The average molecular weight is 341 g/mol. The van der Waals surface area contributed by atoms with Crippen LogP contribution in [-0.2, 0) is 11.3 Å². The summed E-state index contributed by atoms with van der Waals surface area (Å²) >= 11 is 0. The van der Waals surface area contributed by atoms with Gasteiger partial charge in [0.2, 0.25) is 5.91 Å². The second kappa shape index (κ2) is 7.83. The smallest absolute Gasteiger partial charge is 0.319 e. The van der Waals surface area contributed by atoms with Crippen LogP contribution in [0.4, 0.5) is 10.5 Å². The zero-order chi connectivity index (χ0) is 17.6. The number of nitrogens with one attached hydrogen (secondary N) is 2. The molecule has 3 rings (SSSR count). The first kappa shape index (κ1) is 17.0. The van der Waals surface area contributed by atoms with Crippen LogP contribution in [0.1, 0.15) is 25.3 Å². The van der Waals surface area contributed by atoms with E-state index in [1.54, 1.807) is 11.1 Å². The van der Waals surface area contributed by atoms with Gasteiger partial charge in [-0.25, -0.2) is 4.79 Å². The molecule has 1 aliphatic rings. The van der Waals surface area contributed by atoms with Crippen LogP contribution in [0.2, 0.25) is 0 Å². The summed E-state index contributed by atoms with van der Waals surface area (Å²) in [6.07, 6.45) is 5.15. The van der Waals surface area contributed by atoms with E-state index in [-0.39, 0.29) is 18.0 Å². The molecule has 1 aromatic heterocycles. The van der Waals surface area contributed by atoms with Crippen LogP contribution in [0.5, 0.6) is 0 Å². The van der Waals surface area contributed by atoms with Crippen molar-refractivity contribution in [1.82, 2.24) is 20.0 Å². The van der Waals surface area contributed by atoms with Crippen molar-refractivity contribution in [1.29, 1.82) is 0 Å². The Hall–Kier alpha value is -2.83. The zero-order valence-corrected chi connectivity index (χ0v) is 14.3. The zero-order valence-electron chi connectivity index (χ0n) is 14.3. The summed E-state index contributed by atoms with van der Waals surface area (Å²) < 4.78 is 1.83. The Kier molecular flexibility index (Phi) is 5.33. The molecule has 3 amide bonds. The summed E-state index contributed by atoms with van der Waals surface area (Å²) in [7, 11) is 0. The first-order chi connectivity index (χ1) is 12.1. The number of carbonyl (C=O) groups excluding carboxylic acids is 2. The van der Waals surface area contributed by atoms with E-state index in [9.17, 15) is 9.59 Å². The van der Waals surface area contributed by atoms with Gasteiger partial charge in [-0.1, -0.05) is 12.1 Å². The maximum Gasteiger partial charge on any atom is 0.319 e. The van der Waals surface area contributed by atoms with Gasteiger partial charge < -0.3 is 15.5 Å². The van der Waals surface area contributed by atoms with Gasteiger partial charge in [0.1, 0.15) is 0 Å². The number of nitrogens with zero attached hydrogens (tertiary/aromatic N) is 3. The van der Waals surface area contributed by atoms with Crippen molar-refractivity contribution < 1.29 is 9.59 Å². The van der Waals surface area contributed by atoms with E-state index in [1.807, 2.05) is 48.1 Å².